The van der Waals surface area contributed by atoms with E-state index in [1.54, 1.807) is 0 Å². The number of aliphatic hydroxyl groups is 3. The van der Waals surface area contributed by atoms with Gasteiger partial charge in [0.1, 0.15) is 55.4 Å². The van der Waals surface area contributed by atoms with Crippen molar-refractivity contribution in [2.24, 2.45) is 0 Å². The lowest BCUT2D eigenvalue weighted by Crippen LogP contribution is -2.43. The molecule has 9 heteroatoms. The summed E-state index contributed by atoms with van der Waals surface area (Å²) in [5.74, 6) is 1.52. The number of likely N-dealkylation sites (N-methyl/N-ethyl adjacent to an activating group) is 3. The highest BCUT2D eigenvalue weighted by Gasteiger charge is 2.23. The minimum Gasteiger partial charge on any atom is -0.387 e. The molecular formula is C21H45N6O3+3. The molecule has 30 heavy (non-hydrogen) atoms. The smallest absolute Gasteiger partial charge is 0.135 e. The third-order valence-corrected chi connectivity index (χ3v) is 4.30. The van der Waals surface area contributed by atoms with Crippen LogP contribution in [0.15, 0.2) is 0 Å². The van der Waals surface area contributed by atoms with Crippen molar-refractivity contribution in [3.8, 4) is 0 Å². The highest BCUT2D eigenvalue weighted by atomic mass is 16.3. The quantitative estimate of drug-likeness (QED) is 0.357. The van der Waals surface area contributed by atoms with Crippen LogP contribution in [-0.2, 0) is 19.3 Å². The van der Waals surface area contributed by atoms with Gasteiger partial charge in [0.05, 0.1) is 63.4 Å². The maximum Gasteiger partial charge on any atom is 0.135 e. The topological polar surface area (TPSA) is 99.4 Å². The summed E-state index contributed by atoms with van der Waals surface area (Å²) in [6, 6.07) is 0. The van der Waals surface area contributed by atoms with Gasteiger partial charge in [-0.1, -0.05) is 0 Å². The van der Waals surface area contributed by atoms with Crippen LogP contribution in [0.4, 0.5) is 0 Å². The van der Waals surface area contributed by atoms with E-state index >= 15 is 0 Å². The molecule has 174 valence electrons. The fraction of sp³-hybridized carbons (Fsp3) is 0.857. The predicted molar refractivity (Wildman–Crippen MR) is 118 cm³/mol. The number of quaternary nitrogens is 3. The molecule has 3 atom stereocenters. The fourth-order valence-electron chi connectivity index (χ4n) is 3.52. The molecule has 0 radical (unpaired) electrons. The van der Waals surface area contributed by atoms with Gasteiger partial charge in [0.2, 0.25) is 0 Å². The highest BCUT2D eigenvalue weighted by Crippen LogP contribution is 2.09. The average molecular weight is 430 g/mol. The first-order chi connectivity index (χ1) is 13.4. The second kappa shape index (κ2) is 10.4. The number of aromatic nitrogens is 3. The van der Waals surface area contributed by atoms with Gasteiger partial charge in [-0.25, -0.2) is 15.0 Å². The maximum absolute atomic E-state index is 10.5. The minimum atomic E-state index is -0.583. The van der Waals surface area contributed by atoms with Crippen LogP contribution in [0.5, 0.6) is 0 Å². The minimum absolute atomic E-state index is 0.314. The Hall–Kier alpha value is -1.23. The Balaban J connectivity index is 3.05. The normalized spacial score (nSPS) is 16.4. The van der Waals surface area contributed by atoms with Crippen LogP contribution >= 0.6 is 0 Å². The SMILES string of the molecule is C[N+](C)(C)CC(O)Cc1nc(CC(O)C[N+](C)(C)C)nc(CC(O)C[N+](C)(C)C)n1. The fourth-order valence-corrected chi connectivity index (χ4v) is 3.52. The van der Waals surface area contributed by atoms with Gasteiger partial charge in [-0.2, -0.15) is 0 Å². The summed E-state index contributed by atoms with van der Waals surface area (Å²) < 4.78 is 1.91. The molecule has 0 spiro atoms. The molecule has 0 amide bonds. The molecule has 0 aliphatic heterocycles. The van der Waals surface area contributed by atoms with Gasteiger partial charge in [-0.15, -0.1) is 0 Å². The van der Waals surface area contributed by atoms with E-state index in [0.29, 0.717) is 69.8 Å². The molecule has 0 fully saturated rings. The van der Waals surface area contributed by atoms with Crippen LogP contribution in [0.3, 0.4) is 0 Å². The van der Waals surface area contributed by atoms with Crippen molar-refractivity contribution >= 4 is 0 Å². The molecule has 1 aromatic rings. The lowest BCUT2D eigenvalue weighted by Gasteiger charge is -2.27. The number of rotatable bonds is 12. The molecule has 0 aliphatic carbocycles. The molecule has 0 bridgehead atoms. The number of hydrogen-bond acceptors (Lipinski definition) is 6. The summed E-state index contributed by atoms with van der Waals surface area (Å²) in [5.41, 5.74) is 0. The van der Waals surface area contributed by atoms with Crippen molar-refractivity contribution in [2.45, 2.75) is 37.6 Å². The zero-order valence-electron chi connectivity index (χ0n) is 20.5. The Bertz CT molecular complexity index is 561. The molecule has 0 aromatic carbocycles. The Morgan fingerprint density at radius 1 is 0.500 bits per heavy atom. The summed E-state index contributed by atoms with van der Waals surface area (Å²) in [4.78, 5) is 13.5. The molecule has 3 unspecified atom stereocenters. The second-order valence-corrected chi connectivity index (χ2v) is 11.6. The van der Waals surface area contributed by atoms with E-state index in [-0.39, 0.29) is 0 Å². The van der Waals surface area contributed by atoms with Gasteiger partial charge < -0.3 is 28.8 Å². The average Bonchev–Trinajstić information content (AvgIpc) is 2.39. The van der Waals surface area contributed by atoms with E-state index < -0.39 is 18.3 Å². The van der Waals surface area contributed by atoms with E-state index in [1.165, 1.54) is 0 Å². The molecule has 0 aliphatic rings. The van der Waals surface area contributed by atoms with Crippen LogP contribution in [0, 0.1) is 0 Å². The molecule has 1 aromatic heterocycles. The first kappa shape index (κ1) is 26.8. The summed E-state index contributed by atoms with van der Waals surface area (Å²) in [5, 5.41) is 31.4. The van der Waals surface area contributed by atoms with Crippen LogP contribution < -0.4 is 0 Å². The third kappa shape index (κ3) is 12.5. The van der Waals surface area contributed by atoms with E-state index in [1.807, 2.05) is 63.4 Å². The summed E-state index contributed by atoms with van der Waals surface area (Å²) in [6.07, 6.45) is -0.806. The summed E-state index contributed by atoms with van der Waals surface area (Å²) in [6.45, 7) is 1.72. The summed E-state index contributed by atoms with van der Waals surface area (Å²) in [7, 11) is 18.2. The zero-order valence-corrected chi connectivity index (χ0v) is 20.5. The van der Waals surface area contributed by atoms with E-state index in [2.05, 4.69) is 15.0 Å². The molecule has 9 nitrogen and oxygen atoms in total. The van der Waals surface area contributed by atoms with Gasteiger partial charge in [-0.05, 0) is 0 Å². The molecule has 0 saturated carbocycles. The van der Waals surface area contributed by atoms with Crippen molar-refractivity contribution in [2.75, 3.05) is 83.1 Å². The van der Waals surface area contributed by atoms with Crippen LogP contribution in [0.25, 0.3) is 0 Å². The lowest BCUT2D eigenvalue weighted by molar-refractivity contribution is -0.873. The Morgan fingerprint density at radius 2 is 0.700 bits per heavy atom. The van der Waals surface area contributed by atoms with Crippen molar-refractivity contribution in [1.29, 1.82) is 0 Å². The number of hydrogen-bond donors (Lipinski definition) is 3. The number of aliphatic hydroxyl groups excluding tert-OH is 3. The van der Waals surface area contributed by atoms with Gasteiger partial charge in [0, 0.05) is 19.3 Å². The largest absolute Gasteiger partial charge is 0.387 e. The lowest BCUT2D eigenvalue weighted by atomic mass is 10.1. The Labute approximate surface area is 182 Å². The number of nitrogens with zero attached hydrogens (tertiary/aromatic N) is 6. The van der Waals surface area contributed by atoms with E-state index in [4.69, 9.17) is 0 Å². The Morgan fingerprint density at radius 3 is 0.867 bits per heavy atom. The monoisotopic (exact) mass is 429 g/mol. The summed E-state index contributed by atoms with van der Waals surface area (Å²) >= 11 is 0. The van der Waals surface area contributed by atoms with Crippen LogP contribution in [0.2, 0.25) is 0 Å². The van der Waals surface area contributed by atoms with Crippen molar-refractivity contribution in [3.63, 3.8) is 0 Å². The third-order valence-electron chi connectivity index (χ3n) is 4.30. The first-order valence-corrected chi connectivity index (χ1v) is 10.6. The Kier molecular flexibility index (Phi) is 9.28. The van der Waals surface area contributed by atoms with Crippen molar-refractivity contribution in [3.05, 3.63) is 17.5 Å². The van der Waals surface area contributed by atoms with Crippen LogP contribution in [-0.4, -0.2) is 145 Å². The van der Waals surface area contributed by atoms with Gasteiger partial charge >= 0.3 is 0 Å². The second-order valence-electron chi connectivity index (χ2n) is 11.6. The molecule has 3 N–H and O–H groups in total. The van der Waals surface area contributed by atoms with Crippen molar-refractivity contribution < 1.29 is 28.8 Å². The van der Waals surface area contributed by atoms with E-state index in [9.17, 15) is 15.3 Å². The molecule has 0 saturated heterocycles. The van der Waals surface area contributed by atoms with Gasteiger partial charge in [0.25, 0.3) is 0 Å². The standard InChI is InChI=1S/C21H45N6O3/c1-25(2,3)13-16(28)10-19-22-20(11-17(29)14-26(4,5)6)24-21(23-19)12-18(30)15-27(7,8)9/h16-18,28-30H,10-15H2,1-9H3/q+3. The first-order valence-electron chi connectivity index (χ1n) is 10.6. The molecule has 1 rings (SSSR count). The van der Waals surface area contributed by atoms with E-state index in [0.717, 1.165) is 0 Å². The van der Waals surface area contributed by atoms with Crippen LogP contribution in [0.1, 0.15) is 17.5 Å². The zero-order chi connectivity index (χ0) is 23.3. The predicted octanol–water partition coefficient (Wildman–Crippen LogP) is -1.30. The van der Waals surface area contributed by atoms with Crippen molar-refractivity contribution in [1.82, 2.24) is 15.0 Å². The molecular weight excluding hydrogens is 384 g/mol. The van der Waals surface area contributed by atoms with Gasteiger partial charge in [0.15, 0.2) is 0 Å². The molecule has 1 heterocycles. The van der Waals surface area contributed by atoms with Gasteiger partial charge in [-0.3, -0.25) is 0 Å². The maximum atomic E-state index is 10.5. The highest BCUT2D eigenvalue weighted by molar-refractivity contribution is 5.01.